The van der Waals surface area contributed by atoms with Crippen LogP contribution in [0.3, 0.4) is 0 Å². The normalized spacial score (nSPS) is 10.3. The van der Waals surface area contributed by atoms with E-state index in [2.05, 4.69) is 36.6 Å². The lowest BCUT2D eigenvalue weighted by atomic mass is 10.2. The smallest absolute Gasteiger partial charge is 0.230 e. The van der Waals surface area contributed by atoms with Gasteiger partial charge in [-0.05, 0) is 31.5 Å². The number of thioether (sulfide) groups is 1. The maximum absolute atomic E-state index is 11.6. The summed E-state index contributed by atoms with van der Waals surface area (Å²) >= 11 is 1.59. The molecule has 0 saturated carbocycles. The van der Waals surface area contributed by atoms with Gasteiger partial charge in [0.15, 0.2) is 0 Å². The number of hydrogen-bond acceptors (Lipinski definition) is 3. The van der Waals surface area contributed by atoms with Gasteiger partial charge >= 0.3 is 0 Å². The van der Waals surface area contributed by atoms with Crippen molar-refractivity contribution in [2.75, 3.05) is 25.4 Å². The van der Waals surface area contributed by atoms with E-state index in [1.807, 2.05) is 12.1 Å². The molecule has 2 N–H and O–H groups in total. The Bertz CT molecular complexity index is 369. The van der Waals surface area contributed by atoms with Crippen molar-refractivity contribution in [3.8, 4) is 0 Å². The van der Waals surface area contributed by atoms with E-state index >= 15 is 0 Å². The van der Waals surface area contributed by atoms with Crippen LogP contribution in [0.25, 0.3) is 0 Å². The largest absolute Gasteiger partial charge is 0.354 e. The minimum absolute atomic E-state index is 0.0987. The molecular formula is C14H22N2OS. The summed E-state index contributed by atoms with van der Waals surface area (Å²) in [4.78, 5) is 12.8. The molecule has 0 aliphatic heterocycles. The molecule has 0 fully saturated rings. The number of carbonyl (C=O) groups is 1. The van der Waals surface area contributed by atoms with Crippen LogP contribution in [0.1, 0.15) is 18.9 Å². The van der Waals surface area contributed by atoms with Crippen molar-refractivity contribution in [1.29, 1.82) is 0 Å². The Labute approximate surface area is 114 Å². The monoisotopic (exact) mass is 266 g/mol. The first-order valence-corrected chi connectivity index (χ1v) is 7.38. The molecule has 100 valence electrons. The molecule has 1 rings (SSSR count). The van der Waals surface area contributed by atoms with Crippen LogP contribution < -0.4 is 10.6 Å². The zero-order valence-electron chi connectivity index (χ0n) is 11.2. The van der Waals surface area contributed by atoms with Gasteiger partial charge in [-0.1, -0.05) is 25.1 Å². The standard InChI is InChI=1S/C14H22N2OS/c1-3-8-15-9-10-16-14(17)11-18-13-7-5-4-6-12(13)2/h4-7,15H,3,8-11H2,1-2H3,(H,16,17). The number of hydrogen-bond donors (Lipinski definition) is 2. The van der Waals surface area contributed by atoms with Gasteiger partial charge in [0.25, 0.3) is 0 Å². The average Bonchev–Trinajstić information content (AvgIpc) is 2.37. The fourth-order valence-corrected chi connectivity index (χ4v) is 2.36. The van der Waals surface area contributed by atoms with Crippen LogP contribution in [0.5, 0.6) is 0 Å². The molecule has 1 aromatic rings. The van der Waals surface area contributed by atoms with E-state index in [0.717, 1.165) is 19.5 Å². The molecule has 0 aliphatic rings. The molecule has 0 bridgehead atoms. The van der Waals surface area contributed by atoms with E-state index in [1.54, 1.807) is 11.8 Å². The van der Waals surface area contributed by atoms with Crippen molar-refractivity contribution < 1.29 is 4.79 Å². The quantitative estimate of drug-likeness (QED) is 0.560. The van der Waals surface area contributed by atoms with Gasteiger partial charge < -0.3 is 10.6 Å². The highest BCUT2D eigenvalue weighted by molar-refractivity contribution is 8.00. The molecule has 0 heterocycles. The van der Waals surface area contributed by atoms with Crippen LogP contribution in [0.4, 0.5) is 0 Å². The Kier molecular flexibility index (Phi) is 7.53. The number of benzene rings is 1. The van der Waals surface area contributed by atoms with Gasteiger partial charge in [-0.2, -0.15) is 0 Å². The minimum atomic E-state index is 0.0987. The van der Waals surface area contributed by atoms with E-state index in [9.17, 15) is 4.79 Å². The van der Waals surface area contributed by atoms with Crippen molar-refractivity contribution in [2.24, 2.45) is 0 Å². The molecule has 0 unspecified atom stereocenters. The minimum Gasteiger partial charge on any atom is -0.354 e. The molecule has 0 spiro atoms. The second-order valence-electron chi connectivity index (χ2n) is 4.15. The van der Waals surface area contributed by atoms with Gasteiger partial charge in [-0.25, -0.2) is 0 Å². The Morgan fingerprint density at radius 2 is 2.00 bits per heavy atom. The molecule has 0 radical (unpaired) electrons. The summed E-state index contributed by atoms with van der Waals surface area (Å²) in [6.07, 6.45) is 1.12. The van der Waals surface area contributed by atoms with Gasteiger partial charge in [0.2, 0.25) is 5.91 Å². The van der Waals surface area contributed by atoms with E-state index in [-0.39, 0.29) is 5.91 Å². The predicted molar refractivity (Wildman–Crippen MR) is 78.1 cm³/mol. The summed E-state index contributed by atoms with van der Waals surface area (Å²) in [5.74, 6) is 0.583. The van der Waals surface area contributed by atoms with Gasteiger partial charge in [0.05, 0.1) is 5.75 Å². The van der Waals surface area contributed by atoms with Crippen LogP contribution in [-0.2, 0) is 4.79 Å². The van der Waals surface area contributed by atoms with Crippen LogP contribution >= 0.6 is 11.8 Å². The highest BCUT2D eigenvalue weighted by atomic mass is 32.2. The van der Waals surface area contributed by atoms with Crippen LogP contribution in [0.2, 0.25) is 0 Å². The first kappa shape index (κ1) is 15.1. The van der Waals surface area contributed by atoms with Crippen molar-refractivity contribution >= 4 is 17.7 Å². The first-order chi connectivity index (χ1) is 8.74. The Balaban J connectivity index is 2.15. The van der Waals surface area contributed by atoms with Gasteiger partial charge in [-0.15, -0.1) is 11.8 Å². The second-order valence-corrected chi connectivity index (χ2v) is 5.17. The van der Waals surface area contributed by atoms with E-state index in [4.69, 9.17) is 0 Å². The molecule has 3 nitrogen and oxygen atoms in total. The van der Waals surface area contributed by atoms with Gasteiger partial charge in [-0.3, -0.25) is 4.79 Å². The molecule has 0 atom stereocenters. The van der Waals surface area contributed by atoms with E-state index in [0.29, 0.717) is 12.3 Å². The zero-order valence-corrected chi connectivity index (χ0v) is 12.0. The third-order valence-corrected chi connectivity index (χ3v) is 3.68. The third kappa shape index (κ3) is 6.07. The summed E-state index contributed by atoms with van der Waals surface area (Å²) in [5.41, 5.74) is 1.22. The molecule has 4 heteroatoms. The van der Waals surface area contributed by atoms with E-state index < -0.39 is 0 Å². The Morgan fingerprint density at radius 3 is 2.72 bits per heavy atom. The predicted octanol–water partition coefficient (Wildman–Crippen LogP) is 2.20. The van der Waals surface area contributed by atoms with Crippen LogP contribution in [-0.4, -0.2) is 31.3 Å². The number of aryl methyl sites for hydroxylation is 1. The van der Waals surface area contributed by atoms with Crippen molar-refractivity contribution in [2.45, 2.75) is 25.2 Å². The van der Waals surface area contributed by atoms with Crippen molar-refractivity contribution in [3.05, 3.63) is 29.8 Å². The fraction of sp³-hybridized carbons (Fsp3) is 0.500. The summed E-state index contributed by atoms with van der Waals surface area (Å²) in [5, 5.41) is 6.16. The lowest BCUT2D eigenvalue weighted by molar-refractivity contribution is -0.118. The molecule has 1 amide bonds. The lowest BCUT2D eigenvalue weighted by Crippen LogP contribution is -2.33. The average molecular weight is 266 g/mol. The Hall–Kier alpha value is -1.00. The SMILES string of the molecule is CCCNCCNC(=O)CSc1ccccc1C. The molecule has 0 saturated heterocycles. The molecule has 1 aromatic carbocycles. The van der Waals surface area contributed by atoms with Crippen molar-refractivity contribution in [1.82, 2.24) is 10.6 Å². The molecule has 0 aliphatic carbocycles. The lowest BCUT2D eigenvalue weighted by Gasteiger charge is -2.07. The highest BCUT2D eigenvalue weighted by Gasteiger charge is 2.03. The maximum atomic E-state index is 11.6. The first-order valence-electron chi connectivity index (χ1n) is 6.40. The molecule has 0 aromatic heterocycles. The topological polar surface area (TPSA) is 41.1 Å². The second kappa shape index (κ2) is 9.00. The molecular weight excluding hydrogens is 244 g/mol. The van der Waals surface area contributed by atoms with Crippen LogP contribution in [0.15, 0.2) is 29.2 Å². The van der Waals surface area contributed by atoms with Gasteiger partial charge in [0, 0.05) is 18.0 Å². The number of carbonyl (C=O) groups excluding carboxylic acids is 1. The van der Waals surface area contributed by atoms with Crippen molar-refractivity contribution in [3.63, 3.8) is 0 Å². The number of amides is 1. The summed E-state index contributed by atoms with van der Waals surface area (Å²) < 4.78 is 0. The van der Waals surface area contributed by atoms with Crippen LogP contribution in [0, 0.1) is 6.92 Å². The third-order valence-electron chi connectivity index (χ3n) is 2.50. The van der Waals surface area contributed by atoms with Gasteiger partial charge in [0.1, 0.15) is 0 Å². The Morgan fingerprint density at radius 1 is 1.22 bits per heavy atom. The fourth-order valence-electron chi connectivity index (χ4n) is 1.50. The van der Waals surface area contributed by atoms with E-state index in [1.165, 1.54) is 10.5 Å². The number of rotatable bonds is 8. The summed E-state index contributed by atoms with van der Waals surface area (Å²) in [6.45, 7) is 6.74. The maximum Gasteiger partial charge on any atom is 0.230 e. The summed E-state index contributed by atoms with van der Waals surface area (Å²) in [6, 6.07) is 8.13. The summed E-state index contributed by atoms with van der Waals surface area (Å²) in [7, 11) is 0. The number of nitrogens with one attached hydrogen (secondary N) is 2. The zero-order chi connectivity index (χ0) is 13.2. The molecule has 18 heavy (non-hydrogen) atoms. The highest BCUT2D eigenvalue weighted by Crippen LogP contribution is 2.21.